The van der Waals surface area contributed by atoms with Gasteiger partial charge >= 0.3 is 0 Å². The predicted octanol–water partition coefficient (Wildman–Crippen LogP) is 2.09. The standard InChI is InChI=1S/C16H22N4O2/c1-11(2)14(15-17-10-18-20(15)3)19-16(21)13-7-5-6-12(8-13)9-22-4/h5-8,10-11,14H,9H2,1-4H3,(H,19,21)/t14-/m1/s1. The summed E-state index contributed by atoms with van der Waals surface area (Å²) in [6, 6.07) is 7.24. The Hall–Kier alpha value is -2.21. The van der Waals surface area contributed by atoms with E-state index in [1.807, 2.05) is 39.1 Å². The number of nitrogens with one attached hydrogen (secondary N) is 1. The average molecular weight is 302 g/mol. The zero-order valence-electron chi connectivity index (χ0n) is 13.4. The topological polar surface area (TPSA) is 69.0 Å². The second-order valence-corrected chi connectivity index (χ2v) is 5.57. The number of aryl methyl sites for hydroxylation is 1. The molecule has 0 bridgehead atoms. The van der Waals surface area contributed by atoms with Crippen LogP contribution in [0.2, 0.25) is 0 Å². The molecule has 6 heteroatoms. The van der Waals surface area contributed by atoms with Gasteiger partial charge in [-0.3, -0.25) is 9.48 Å². The Morgan fingerprint density at radius 3 is 2.77 bits per heavy atom. The lowest BCUT2D eigenvalue weighted by molar-refractivity contribution is 0.0921. The fraction of sp³-hybridized carbons (Fsp3) is 0.438. The molecular formula is C16H22N4O2. The summed E-state index contributed by atoms with van der Waals surface area (Å²) in [7, 11) is 3.46. The van der Waals surface area contributed by atoms with Gasteiger partial charge in [-0.2, -0.15) is 5.10 Å². The number of aromatic nitrogens is 3. The maximum atomic E-state index is 12.5. The molecule has 2 rings (SSSR count). The predicted molar refractivity (Wildman–Crippen MR) is 83.2 cm³/mol. The zero-order chi connectivity index (χ0) is 16.1. The molecular weight excluding hydrogens is 280 g/mol. The van der Waals surface area contributed by atoms with Crippen molar-refractivity contribution < 1.29 is 9.53 Å². The SMILES string of the molecule is COCc1cccc(C(=O)N[C@@H](c2ncnn2C)C(C)C)c1. The molecule has 118 valence electrons. The van der Waals surface area contributed by atoms with Gasteiger partial charge < -0.3 is 10.1 Å². The van der Waals surface area contributed by atoms with Gasteiger partial charge in [0.2, 0.25) is 0 Å². The number of nitrogens with zero attached hydrogens (tertiary/aromatic N) is 3. The summed E-state index contributed by atoms with van der Waals surface area (Å²) < 4.78 is 6.79. The maximum absolute atomic E-state index is 12.5. The highest BCUT2D eigenvalue weighted by molar-refractivity contribution is 5.94. The molecule has 0 saturated carbocycles. The fourth-order valence-corrected chi connectivity index (χ4v) is 2.31. The second kappa shape index (κ2) is 7.17. The van der Waals surface area contributed by atoms with Crippen LogP contribution in [0.3, 0.4) is 0 Å². The first kappa shape index (κ1) is 16.2. The number of ether oxygens (including phenoxy) is 1. The van der Waals surface area contributed by atoms with Crippen molar-refractivity contribution in [3.8, 4) is 0 Å². The summed E-state index contributed by atoms with van der Waals surface area (Å²) in [6.07, 6.45) is 1.50. The summed E-state index contributed by atoms with van der Waals surface area (Å²) in [4.78, 5) is 16.8. The summed E-state index contributed by atoms with van der Waals surface area (Å²) in [5.41, 5.74) is 1.58. The van der Waals surface area contributed by atoms with E-state index in [-0.39, 0.29) is 17.9 Å². The van der Waals surface area contributed by atoms with Crippen LogP contribution in [0.4, 0.5) is 0 Å². The molecule has 1 N–H and O–H groups in total. The molecule has 2 aromatic rings. The van der Waals surface area contributed by atoms with Crippen molar-refractivity contribution in [3.05, 3.63) is 47.5 Å². The molecule has 0 aliphatic rings. The lowest BCUT2D eigenvalue weighted by Crippen LogP contribution is -2.33. The molecule has 1 heterocycles. The monoisotopic (exact) mass is 302 g/mol. The Morgan fingerprint density at radius 1 is 1.41 bits per heavy atom. The molecule has 22 heavy (non-hydrogen) atoms. The summed E-state index contributed by atoms with van der Waals surface area (Å²) in [6.45, 7) is 4.57. The highest BCUT2D eigenvalue weighted by Crippen LogP contribution is 2.19. The van der Waals surface area contributed by atoms with Gasteiger partial charge in [-0.15, -0.1) is 0 Å². The van der Waals surface area contributed by atoms with Crippen LogP contribution in [-0.2, 0) is 18.4 Å². The van der Waals surface area contributed by atoms with E-state index in [1.54, 1.807) is 17.9 Å². The van der Waals surface area contributed by atoms with Crippen LogP contribution in [0, 0.1) is 5.92 Å². The molecule has 0 fully saturated rings. The number of amides is 1. The van der Waals surface area contributed by atoms with Crippen molar-refractivity contribution in [2.24, 2.45) is 13.0 Å². The van der Waals surface area contributed by atoms with E-state index in [0.717, 1.165) is 11.4 Å². The minimum Gasteiger partial charge on any atom is -0.380 e. The van der Waals surface area contributed by atoms with Crippen molar-refractivity contribution in [1.29, 1.82) is 0 Å². The van der Waals surface area contributed by atoms with Crippen molar-refractivity contribution in [2.75, 3.05) is 7.11 Å². The van der Waals surface area contributed by atoms with Crippen LogP contribution in [0.1, 0.15) is 41.6 Å². The van der Waals surface area contributed by atoms with Gasteiger partial charge in [-0.05, 0) is 23.6 Å². The number of benzene rings is 1. The Labute approximate surface area is 130 Å². The molecule has 0 spiro atoms. The third-order valence-electron chi connectivity index (χ3n) is 3.48. The smallest absolute Gasteiger partial charge is 0.251 e. The normalized spacial score (nSPS) is 12.4. The van der Waals surface area contributed by atoms with Crippen LogP contribution >= 0.6 is 0 Å². The van der Waals surface area contributed by atoms with Crippen molar-refractivity contribution in [2.45, 2.75) is 26.5 Å². The number of carbonyl (C=O) groups is 1. The number of methoxy groups -OCH3 is 1. The highest BCUT2D eigenvalue weighted by atomic mass is 16.5. The largest absolute Gasteiger partial charge is 0.380 e. The molecule has 1 aromatic carbocycles. The van der Waals surface area contributed by atoms with E-state index in [2.05, 4.69) is 15.4 Å². The first-order valence-electron chi connectivity index (χ1n) is 7.25. The average Bonchev–Trinajstić information content (AvgIpc) is 2.91. The van der Waals surface area contributed by atoms with E-state index in [9.17, 15) is 4.79 Å². The third-order valence-corrected chi connectivity index (χ3v) is 3.48. The third kappa shape index (κ3) is 3.71. The quantitative estimate of drug-likeness (QED) is 0.887. The van der Waals surface area contributed by atoms with E-state index < -0.39 is 0 Å². The molecule has 0 aliphatic heterocycles. The molecule has 0 aliphatic carbocycles. The van der Waals surface area contributed by atoms with Gasteiger partial charge in [0.15, 0.2) is 0 Å². The second-order valence-electron chi connectivity index (χ2n) is 5.57. The summed E-state index contributed by atoms with van der Waals surface area (Å²) in [5, 5.41) is 7.12. The minimum absolute atomic E-state index is 0.125. The number of hydrogen-bond donors (Lipinski definition) is 1. The summed E-state index contributed by atoms with van der Waals surface area (Å²) in [5.74, 6) is 0.824. The van der Waals surface area contributed by atoms with Crippen LogP contribution < -0.4 is 5.32 Å². The van der Waals surface area contributed by atoms with Crippen molar-refractivity contribution >= 4 is 5.91 Å². The van der Waals surface area contributed by atoms with Gasteiger partial charge in [-0.25, -0.2) is 4.98 Å². The molecule has 1 aromatic heterocycles. The number of carbonyl (C=O) groups excluding carboxylic acids is 1. The zero-order valence-corrected chi connectivity index (χ0v) is 13.4. The van der Waals surface area contributed by atoms with Gasteiger partial charge in [0.1, 0.15) is 12.2 Å². The van der Waals surface area contributed by atoms with Crippen LogP contribution in [-0.4, -0.2) is 27.8 Å². The highest BCUT2D eigenvalue weighted by Gasteiger charge is 2.23. The van der Waals surface area contributed by atoms with Gasteiger partial charge in [0.25, 0.3) is 5.91 Å². The van der Waals surface area contributed by atoms with Crippen LogP contribution in [0.5, 0.6) is 0 Å². The van der Waals surface area contributed by atoms with Gasteiger partial charge in [0.05, 0.1) is 12.6 Å². The van der Waals surface area contributed by atoms with Crippen molar-refractivity contribution in [3.63, 3.8) is 0 Å². The first-order valence-corrected chi connectivity index (χ1v) is 7.25. The molecule has 1 atom stereocenters. The van der Waals surface area contributed by atoms with E-state index in [0.29, 0.717) is 12.2 Å². The Balaban J connectivity index is 2.18. The fourth-order valence-electron chi connectivity index (χ4n) is 2.31. The Kier molecular flexibility index (Phi) is 5.27. The molecule has 6 nitrogen and oxygen atoms in total. The maximum Gasteiger partial charge on any atom is 0.251 e. The van der Waals surface area contributed by atoms with Crippen LogP contribution in [0.25, 0.3) is 0 Å². The van der Waals surface area contributed by atoms with Crippen molar-refractivity contribution in [1.82, 2.24) is 20.1 Å². The van der Waals surface area contributed by atoms with E-state index in [1.165, 1.54) is 6.33 Å². The minimum atomic E-state index is -0.189. The van der Waals surface area contributed by atoms with E-state index in [4.69, 9.17) is 4.74 Å². The van der Waals surface area contributed by atoms with Crippen LogP contribution in [0.15, 0.2) is 30.6 Å². The molecule has 0 unspecified atom stereocenters. The molecule has 0 radical (unpaired) electrons. The Bertz CT molecular complexity index is 637. The lowest BCUT2D eigenvalue weighted by atomic mass is 10.0. The number of hydrogen-bond acceptors (Lipinski definition) is 4. The summed E-state index contributed by atoms with van der Waals surface area (Å²) >= 11 is 0. The van der Waals surface area contributed by atoms with E-state index >= 15 is 0 Å². The first-order chi connectivity index (χ1) is 10.5. The lowest BCUT2D eigenvalue weighted by Gasteiger charge is -2.21. The van der Waals surface area contributed by atoms with Gasteiger partial charge in [-0.1, -0.05) is 26.0 Å². The number of rotatable bonds is 6. The van der Waals surface area contributed by atoms with Gasteiger partial charge in [0, 0.05) is 19.7 Å². The molecule has 0 saturated heterocycles. The Morgan fingerprint density at radius 2 is 2.18 bits per heavy atom. The molecule has 1 amide bonds.